The summed E-state index contributed by atoms with van der Waals surface area (Å²) in [5, 5.41) is 4.00. The lowest BCUT2D eigenvalue weighted by molar-refractivity contribution is 0.267. The second kappa shape index (κ2) is 18.2. The zero-order valence-electron chi connectivity index (χ0n) is 42.3. The summed E-state index contributed by atoms with van der Waals surface area (Å²) in [5.41, 5.74) is 24.3. The predicted molar refractivity (Wildman–Crippen MR) is 291 cm³/mol. The molecular formula is C64H73BN2. The summed E-state index contributed by atoms with van der Waals surface area (Å²) in [5.74, 6) is 0. The van der Waals surface area contributed by atoms with Gasteiger partial charge in [-0.1, -0.05) is 175 Å². The molecule has 3 heteroatoms. The topological polar surface area (TPSA) is 15.3 Å². The van der Waals surface area contributed by atoms with Crippen LogP contribution >= 0.6 is 0 Å². The van der Waals surface area contributed by atoms with Gasteiger partial charge in [-0.25, -0.2) is 0 Å². The van der Waals surface area contributed by atoms with E-state index in [1.165, 1.54) is 103 Å². The van der Waals surface area contributed by atoms with E-state index in [-0.39, 0.29) is 21.7 Å². The molecule has 0 saturated heterocycles. The molecule has 2 radical (unpaired) electrons. The van der Waals surface area contributed by atoms with E-state index in [1.54, 1.807) is 5.57 Å². The first-order chi connectivity index (χ1) is 32.0. The zero-order valence-corrected chi connectivity index (χ0v) is 42.3. The van der Waals surface area contributed by atoms with Crippen LogP contribution in [-0.2, 0) is 12.8 Å². The highest BCUT2D eigenvalue weighted by atomic mass is 15.1. The highest BCUT2D eigenvalue weighted by Crippen LogP contribution is 2.56. The molecule has 0 spiro atoms. The number of anilines is 3. The molecule has 5 aromatic carbocycles. The average molecular weight is 881 g/mol. The molecule has 0 aliphatic heterocycles. The van der Waals surface area contributed by atoms with E-state index in [9.17, 15) is 0 Å². The van der Waals surface area contributed by atoms with Crippen LogP contribution in [0, 0.1) is 21.7 Å². The van der Waals surface area contributed by atoms with E-state index < -0.39 is 0 Å². The highest BCUT2D eigenvalue weighted by Gasteiger charge is 2.42. The Morgan fingerprint density at radius 2 is 1.25 bits per heavy atom. The first-order valence-electron chi connectivity index (χ1n) is 25.2. The van der Waals surface area contributed by atoms with Crippen LogP contribution in [0.25, 0.3) is 39.5 Å². The first kappa shape index (κ1) is 46.6. The third kappa shape index (κ3) is 9.25. The van der Waals surface area contributed by atoms with E-state index in [2.05, 4.69) is 213 Å². The van der Waals surface area contributed by atoms with Crippen molar-refractivity contribution in [2.45, 2.75) is 127 Å². The molecule has 0 aromatic heterocycles. The first-order valence-corrected chi connectivity index (χ1v) is 25.2. The van der Waals surface area contributed by atoms with Crippen molar-refractivity contribution in [3.8, 4) is 33.4 Å². The van der Waals surface area contributed by atoms with Gasteiger partial charge in [0, 0.05) is 34.7 Å². The fourth-order valence-electron chi connectivity index (χ4n) is 11.6. The fourth-order valence-corrected chi connectivity index (χ4v) is 11.6. The molecule has 1 N–H and O–H groups in total. The number of hydrogen-bond donors (Lipinski definition) is 1. The summed E-state index contributed by atoms with van der Waals surface area (Å²) in [7, 11) is 7.16. The van der Waals surface area contributed by atoms with Gasteiger partial charge >= 0.3 is 0 Å². The fraction of sp³-hybridized carbons (Fsp3) is 0.375. The van der Waals surface area contributed by atoms with Crippen molar-refractivity contribution in [1.29, 1.82) is 0 Å². The molecule has 5 aromatic rings. The Labute approximate surface area is 405 Å². The summed E-state index contributed by atoms with van der Waals surface area (Å²) in [6.45, 7) is 24.4. The minimum absolute atomic E-state index is 0.0541. The third-order valence-corrected chi connectivity index (χ3v) is 16.7. The number of nitrogens with zero attached hydrogens (tertiary/aromatic N) is 1. The predicted octanol–water partition coefficient (Wildman–Crippen LogP) is 17.8. The molecule has 9 rings (SSSR count). The maximum absolute atomic E-state index is 7.16. The van der Waals surface area contributed by atoms with Gasteiger partial charge in [0.15, 0.2) is 0 Å². The van der Waals surface area contributed by atoms with Crippen LogP contribution in [0.1, 0.15) is 131 Å². The van der Waals surface area contributed by atoms with Crippen molar-refractivity contribution >= 4 is 31.0 Å². The second-order valence-electron chi connectivity index (χ2n) is 22.8. The molecule has 0 saturated carbocycles. The van der Waals surface area contributed by atoms with Crippen molar-refractivity contribution in [3.63, 3.8) is 0 Å². The van der Waals surface area contributed by atoms with Crippen molar-refractivity contribution in [2.24, 2.45) is 21.7 Å². The molecule has 0 heterocycles. The lowest BCUT2D eigenvalue weighted by Crippen LogP contribution is -2.29. The molecular weight excluding hydrogens is 808 g/mol. The minimum Gasteiger partial charge on any atom is -0.355 e. The maximum Gasteiger partial charge on any atom is 0.0948 e. The van der Waals surface area contributed by atoms with Crippen molar-refractivity contribution < 1.29 is 0 Å². The van der Waals surface area contributed by atoms with Crippen molar-refractivity contribution in [1.82, 2.24) is 0 Å². The van der Waals surface area contributed by atoms with Gasteiger partial charge in [-0.3, -0.25) is 0 Å². The van der Waals surface area contributed by atoms with Gasteiger partial charge in [-0.15, -0.1) is 0 Å². The number of aryl methyl sites for hydroxylation is 1. The van der Waals surface area contributed by atoms with Gasteiger partial charge in [-0.2, -0.15) is 0 Å². The van der Waals surface area contributed by atoms with Crippen LogP contribution in [0.2, 0.25) is 0 Å². The zero-order chi connectivity index (χ0) is 47.3. The lowest BCUT2D eigenvalue weighted by atomic mass is 9.64. The van der Waals surface area contributed by atoms with E-state index >= 15 is 0 Å². The Morgan fingerprint density at radius 3 is 1.93 bits per heavy atom. The standard InChI is InChI=1S/C64H73BN2/c1-43-37-50(62(5,6)34-33-61(3,4)44(43)2)28-31-54-55(60-53-24-18-17-23-48(53)27-32-58(60)66-51-29-25-47(26-30-51)45-19-13-11-14-20-45)38-49(46-21-15-12-16-22-46)39-59(54)67(42-65)52-40-56-57(41-52)64(9,10)36-35-63(56,7)8/h11-16,18-22,24-27,29-30,32,37-40,66H,17,23,28,31,33-36,41-42H2,1-10H3/b44-43-,50-37+. The van der Waals surface area contributed by atoms with E-state index in [0.29, 0.717) is 6.44 Å². The van der Waals surface area contributed by atoms with Crippen LogP contribution in [0.4, 0.5) is 17.1 Å². The molecule has 2 nitrogen and oxygen atoms in total. The Morgan fingerprint density at radius 1 is 0.627 bits per heavy atom. The SMILES string of the molecule is [B]CN(C1=CC2=C(C1)C(C)(C)CCC2(C)C)c1cc(-c2ccccc2)cc(-c2c(Nc3ccc(-c4ccccc4)cc3)ccc3c2C=CCC3)c1CC/C1=C\C(C)=C(\C)C(C)(C)CCC1(C)C. The molecule has 0 bridgehead atoms. The lowest BCUT2D eigenvalue weighted by Gasteiger charge is -2.41. The second-order valence-corrected chi connectivity index (χ2v) is 22.8. The van der Waals surface area contributed by atoms with Crippen molar-refractivity contribution in [2.75, 3.05) is 16.7 Å². The third-order valence-electron chi connectivity index (χ3n) is 16.7. The molecule has 67 heavy (non-hydrogen) atoms. The van der Waals surface area contributed by atoms with Crippen LogP contribution in [0.5, 0.6) is 0 Å². The van der Waals surface area contributed by atoms with Gasteiger partial charge in [0.05, 0.1) is 7.85 Å². The van der Waals surface area contributed by atoms with Gasteiger partial charge in [0.1, 0.15) is 0 Å². The van der Waals surface area contributed by atoms with Crippen LogP contribution in [0.3, 0.4) is 0 Å². The monoisotopic (exact) mass is 881 g/mol. The van der Waals surface area contributed by atoms with Crippen LogP contribution in [0.15, 0.2) is 161 Å². The van der Waals surface area contributed by atoms with Gasteiger partial charge in [0.25, 0.3) is 0 Å². The summed E-state index contributed by atoms with van der Waals surface area (Å²) in [6.07, 6.45) is 19.9. The van der Waals surface area contributed by atoms with Crippen LogP contribution < -0.4 is 10.2 Å². The quantitative estimate of drug-likeness (QED) is 0.133. The summed E-state index contributed by atoms with van der Waals surface area (Å²) in [4.78, 5) is 2.51. The number of rotatable bonds is 11. The molecule has 4 aliphatic rings. The normalized spacial score (nSPS) is 21.0. The molecule has 0 fully saturated rings. The number of benzene rings is 5. The van der Waals surface area contributed by atoms with E-state index in [4.69, 9.17) is 7.85 Å². The van der Waals surface area contributed by atoms with Gasteiger partial charge in [0.2, 0.25) is 0 Å². The number of allylic oxidation sites excluding steroid dienone is 8. The van der Waals surface area contributed by atoms with Crippen molar-refractivity contribution in [3.05, 3.63) is 178 Å². The van der Waals surface area contributed by atoms with E-state index in [0.717, 1.165) is 49.9 Å². The number of hydrogen-bond acceptors (Lipinski definition) is 2. The Balaban J connectivity index is 1.27. The summed E-state index contributed by atoms with van der Waals surface area (Å²) >= 11 is 0. The molecule has 4 aliphatic carbocycles. The van der Waals surface area contributed by atoms with E-state index in [1.807, 2.05) is 0 Å². The molecule has 0 atom stereocenters. The molecule has 342 valence electrons. The smallest absolute Gasteiger partial charge is 0.0948 e. The van der Waals surface area contributed by atoms with Gasteiger partial charge < -0.3 is 10.2 Å². The Bertz CT molecular complexity index is 2820. The molecule has 0 unspecified atom stereocenters. The number of nitrogens with one attached hydrogen (secondary N) is 1. The van der Waals surface area contributed by atoms with Gasteiger partial charge in [-0.05, 0) is 180 Å². The maximum atomic E-state index is 7.16. The largest absolute Gasteiger partial charge is 0.355 e. The highest BCUT2D eigenvalue weighted by molar-refractivity contribution is 6.11. The Hall–Kier alpha value is -5.54. The number of fused-ring (bicyclic) bond motifs is 1. The summed E-state index contributed by atoms with van der Waals surface area (Å²) in [6, 6.07) is 40.3. The Kier molecular flexibility index (Phi) is 12.6. The molecule has 0 amide bonds. The summed E-state index contributed by atoms with van der Waals surface area (Å²) < 4.78 is 0. The minimum atomic E-state index is 0.0541. The average Bonchev–Trinajstić information content (AvgIpc) is 3.80. The van der Waals surface area contributed by atoms with Crippen LogP contribution in [-0.4, -0.2) is 14.3 Å².